The van der Waals surface area contributed by atoms with E-state index in [9.17, 15) is 9.59 Å². The molecule has 1 fully saturated rings. The number of ether oxygens (including phenoxy) is 2. The minimum atomic E-state index is -0.178. The average Bonchev–Trinajstić information content (AvgIpc) is 3.25. The van der Waals surface area contributed by atoms with Crippen LogP contribution in [0.2, 0.25) is 0 Å². The molecular weight excluding hydrogens is 370 g/mol. The average molecular weight is 397 g/mol. The summed E-state index contributed by atoms with van der Waals surface area (Å²) in [6.07, 6.45) is 2.18. The summed E-state index contributed by atoms with van der Waals surface area (Å²) in [7, 11) is 1.72. The first-order chi connectivity index (χ1) is 14.0. The first kappa shape index (κ1) is 20.7. The van der Waals surface area contributed by atoms with Gasteiger partial charge in [0.15, 0.2) is 0 Å². The van der Waals surface area contributed by atoms with Crippen LogP contribution < -0.4 is 20.3 Å². The third-order valence-corrected chi connectivity index (χ3v) is 4.79. The summed E-state index contributed by atoms with van der Waals surface area (Å²) in [5, 5.41) is 5.96. The van der Waals surface area contributed by atoms with E-state index in [-0.39, 0.29) is 24.5 Å². The van der Waals surface area contributed by atoms with Gasteiger partial charge >= 0.3 is 0 Å². The Morgan fingerprint density at radius 1 is 1.17 bits per heavy atom. The first-order valence-electron chi connectivity index (χ1n) is 9.74. The Kier molecular flexibility index (Phi) is 7.08. The Morgan fingerprint density at radius 2 is 1.93 bits per heavy atom. The van der Waals surface area contributed by atoms with Gasteiger partial charge in [-0.2, -0.15) is 0 Å². The summed E-state index contributed by atoms with van der Waals surface area (Å²) in [5.41, 5.74) is 2.23. The number of para-hydroxylation sites is 2. The molecular formula is C22H27N3O4. The number of nitrogens with one attached hydrogen (secondary N) is 2. The van der Waals surface area contributed by atoms with E-state index in [1.807, 2.05) is 48.5 Å². The lowest BCUT2D eigenvalue weighted by molar-refractivity contribution is -0.116. The van der Waals surface area contributed by atoms with Crippen molar-refractivity contribution in [2.75, 3.05) is 42.3 Å². The highest BCUT2D eigenvalue weighted by Gasteiger charge is 2.17. The van der Waals surface area contributed by atoms with E-state index in [0.29, 0.717) is 18.0 Å². The second kappa shape index (κ2) is 9.93. The number of benzene rings is 2. The van der Waals surface area contributed by atoms with E-state index in [1.165, 1.54) is 6.92 Å². The maximum absolute atomic E-state index is 12.4. The topological polar surface area (TPSA) is 79.9 Å². The monoisotopic (exact) mass is 397 g/mol. The van der Waals surface area contributed by atoms with Crippen molar-refractivity contribution < 1.29 is 19.1 Å². The van der Waals surface area contributed by atoms with Crippen LogP contribution in [0.15, 0.2) is 48.5 Å². The Morgan fingerprint density at radius 3 is 2.62 bits per heavy atom. The van der Waals surface area contributed by atoms with E-state index in [4.69, 9.17) is 9.47 Å². The van der Waals surface area contributed by atoms with E-state index >= 15 is 0 Å². The zero-order valence-corrected chi connectivity index (χ0v) is 16.8. The second-order valence-corrected chi connectivity index (χ2v) is 6.97. The van der Waals surface area contributed by atoms with Crippen LogP contribution in [0.5, 0.6) is 5.75 Å². The number of nitrogens with zero attached hydrogens (tertiary/aromatic N) is 1. The summed E-state index contributed by atoms with van der Waals surface area (Å²) in [5.74, 6) is 0.418. The van der Waals surface area contributed by atoms with Gasteiger partial charge in [-0.15, -0.1) is 0 Å². The minimum Gasteiger partial charge on any atom is -0.489 e. The number of rotatable bonds is 8. The number of hydrogen-bond donors (Lipinski definition) is 2. The number of anilines is 3. The molecule has 0 saturated carbocycles. The molecule has 0 aliphatic carbocycles. The fraction of sp³-hybridized carbons (Fsp3) is 0.364. The van der Waals surface area contributed by atoms with Crippen molar-refractivity contribution in [3.63, 3.8) is 0 Å². The Labute approximate surface area is 171 Å². The quantitative estimate of drug-likeness (QED) is 0.715. The molecule has 0 spiro atoms. The van der Waals surface area contributed by atoms with E-state index < -0.39 is 0 Å². The molecule has 1 unspecified atom stereocenters. The van der Waals surface area contributed by atoms with Gasteiger partial charge in [0.05, 0.1) is 18.3 Å². The lowest BCUT2D eigenvalue weighted by Crippen LogP contribution is -2.23. The molecule has 1 aliphatic rings. The molecule has 0 radical (unpaired) electrons. The van der Waals surface area contributed by atoms with Crippen molar-refractivity contribution in [2.45, 2.75) is 25.9 Å². The molecule has 154 valence electrons. The van der Waals surface area contributed by atoms with Crippen LogP contribution in [0.25, 0.3) is 0 Å². The van der Waals surface area contributed by atoms with Crippen molar-refractivity contribution in [1.29, 1.82) is 0 Å². The van der Waals surface area contributed by atoms with Crippen LogP contribution in [0.1, 0.15) is 19.8 Å². The normalized spacial score (nSPS) is 15.6. The van der Waals surface area contributed by atoms with Gasteiger partial charge in [0.1, 0.15) is 12.4 Å². The molecule has 0 aromatic heterocycles. The van der Waals surface area contributed by atoms with Gasteiger partial charge < -0.3 is 25.0 Å². The van der Waals surface area contributed by atoms with Gasteiger partial charge in [-0.25, -0.2) is 0 Å². The summed E-state index contributed by atoms with van der Waals surface area (Å²) >= 11 is 0. The van der Waals surface area contributed by atoms with Crippen LogP contribution >= 0.6 is 0 Å². The molecule has 1 heterocycles. The highest BCUT2D eigenvalue weighted by molar-refractivity contribution is 5.95. The molecule has 1 aliphatic heterocycles. The standard InChI is InChI=1S/C22H27N3O4/c1-16(26)25(2)18-11-9-17(10-12-18)23-14-22(27)24-20-7-3-4-8-21(20)29-15-19-6-5-13-28-19/h3-4,7-12,19,23H,5-6,13-15H2,1-2H3,(H,24,27). The smallest absolute Gasteiger partial charge is 0.243 e. The summed E-state index contributed by atoms with van der Waals surface area (Å²) in [4.78, 5) is 25.3. The van der Waals surface area contributed by atoms with Crippen molar-refractivity contribution in [3.8, 4) is 5.75 Å². The predicted molar refractivity (Wildman–Crippen MR) is 114 cm³/mol. The first-order valence-corrected chi connectivity index (χ1v) is 9.74. The zero-order chi connectivity index (χ0) is 20.6. The fourth-order valence-electron chi connectivity index (χ4n) is 3.02. The van der Waals surface area contributed by atoms with Gasteiger partial charge in [-0.1, -0.05) is 12.1 Å². The van der Waals surface area contributed by atoms with Gasteiger partial charge in [0.25, 0.3) is 0 Å². The second-order valence-electron chi connectivity index (χ2n) is 6.97. The minimum absolute atomic E-state index is 0.0366. The highest BCUT2D eigenvalue weighted by Crippen LogP contribution is 2.25. The molecule has 2 aromatic rings. The van der Waals surface area contributed by atoms with Gasteiger partial charge in [-0.05, 0) is 49.2 Å². The van der Waals surface area contributed by atoms with Crippen LogP contribution in [0, 0.1) is 0 Å². The molecule has 1 saturated heterocycles. The maximum Gasteiger partial charge on any atom is 0.243 e. The summed E-state index contributed by atoms with van der Waals surface area (Å²) < 4.78 is 11.4. The lowest BCUT2D eigenvalue weighted by atomic mass is 10.2. The largest absolute Gasteiger partial charge is 0.489 e. The molecule has 3 rings (SSSR count). The number of carbonyl (C=O) groups excluding carboxylic acids is 2. The Hall–Kier alpha value is -3.06. The third-order valence-electron chi connectivity index (χ3n) is 4.79. The van der Waals surface area contributed by atoms with Gasteiger partial charge in [-0.3, -0.25) is 9.59 Å². The van der Waals surface area contributed by atoms with Crippen molar-refractivity contribution in [3.05, 3.63) is 48.5 Å². The third kappa shape index (κ3) is 5.96. The van der Waals surface area contributed by atoms with Gasteiger partial charge in [0, 0.05) is 32.0 Å². The highest BCUT2D eigenvalue weighted by atomic mass is 16.5. The lowest BCUT2D eigenvalue weighted by Gasteiger charge is -2.16. The van der Waals surface area contributed by atoms with Crippen LogP contribution in [-0.2, 0) is 14.3 Å². The van der Waals surface area contributed by atoms with E-state index in [1.54, 1.807) is 11.9 Å². The summed E-state index contributed by atoms with van der Waals surface area (Å²) in [6, 6.07) is 14.7. The van der Waals surface area contributed by atoms with Crippen LogP contribution in [-0.4, -0.2) is 44.7 Å². The fourth-order valence-corrected chi connectivity index (χ4v) is 3.02. The molecule has 2 aromatic carbocycles. The molecule has 2 N–H and O–H groups in total. The molecule has 7 heteroatoms. The SMILES string of the molecule is CC(=O)N(C)c1ccc(NCC(=O)Nc2ccccc2OCC2CCCO2)cc1. The Balaban J connectivity index is 1.51. The number of hydrogen-bond acceptors (Lipinski definition) is 5. The Bertz CT molecular complexity index is 832. The molecule has 29 heavy (non-hydrogen) atoms. The van der Waals surface area contributed by atoms with Gasteiger partial charge in [0.2, 0.25) is 11.8 Å². The van der Waals surface area contributed by atoms with Crippen LogP contribution in [0.4, 0.5) is 17.1 Å². The summed E-state index contributed by atoms with van der Waals surface area (Å²) in [6.45, 7) is 2.89. The molecule has 0 bridgehead atoms. The number of amides is 2. The maximum atomic E-state index is 12.4. The molecule has 1 atom stereocenters. The van der Waals surface area contributed by atoms with Crippen molar-refractivity contribution in [1.82, 2.24) is 0 Å². The van der Waals surface area contributed by atoms with E-state index in [2.05, 4.69) is 10.6 Å². The van der Waals surface area contributed by atoms with Crippen molar-refractivity contribution in [2.24, 2.45) is 0 Å². The zero-order valence-electron chi connectivity index (χ0n) is 16.8. The molecule has 2 amide bonds. The predicted octanol–water partition coefficient (Wildman–Crippen LogP) is 3.28. The van der Waals surface area contributed by atoms with Crippen LogP contribution in [0.3, 0.4) is 0 Å². The van der Waals surface area contributed by atoms with E-state index in [0.717, 1.165) is 30.8 Å². The number of carbonyl (C=O) groups is 2. The molecule has 7 nitrogen and oxygen atoms in total. The van der Waals surface area contributed by atoms with Crippen molar-refractivity contribution >= 4 is 28.9 Å².